The van der Waals surface area contributed by atoms with Crippen LogP contribution in [0.15, 0.2) is 122 Å². The largest absolute Gasteiger partial charge is 0.479 e. The SMILES string of the molecule is CC/C=C\C/C=C\C/C=C\C/C=C\CCCCCCCCC(=O)OCC(COC1OC(C(=O)O)C(O)C(O)C1OC(=O)CCCC/C=C\C/C=C\C/C=C\C/C=C\CC)OC(=O)CCCCCCCCCCC/C=C\C/C=C\CCCCC. The van der Waals surface area contributed by atoms with Gasteiger partial charge in [-0.1, -0.05) is 226 Å². The molecule has 470 valence electrons. The number of allylic oxidation sites excluding steroid dienone is 20. The Bertz CT molecular complexity index is 1900. The van der Waals surface area contributed by atoms with Crippen LogP contribution in [0.2, 0.25) is 0 Å². The first kappa shape index (κ1) is 76.1. The van der Waals surface area contributed by atoms with Crippen LogP contribution in [0.3, 0.4) is 0 Å². The van der Waals surface area contributed by atoms with Crippen molar-refractivity contribution in [1.82, 2.24) is 0 Å². The standard InChI is InChI=1S/C71H114O12/c1-4-7-10-13-16-19-22-25-28-30-32-34-37-39-42-45-48-51-54-57-63(72)79-60-62(81-64(73)58-55-52-49-46-43-41-38-35-33-31-29-26-23-20-17-14-11-8-5-2)61-80-71-69(67(76)66(75)68(83-71)70(77)78)82-65(74)59-56-53-50-47-44-40-36-27-24-21-18-15-12-9-6-3/h7,9-10,12,16-21,25-29,32,34,36,44,47,62,66-69,71,75-76H,4-6,8,11,13-15,22-24,30-31,33,35,37-43,45-46,48-61H2,1-3H3,(H,77,78)/b10-7-,12-9-,19-16-,20-17-,21-18-,28-25-,29-26-,34-32-,36-27-,47-44-. The highest BCUT2D eigenvalue weighted by atomic mass is 16.7. The number of aliphatic carboxylic acids is 1. The van der Waals surface area contributed by atoms with E-state index < -0.39 is 67.3 Å². The molecule has 6 unspecified atom stereocenters. The van der Waals surface area contributed by atoms with Crippen LogP contribution in [-0.2, 0) is 42.9 Å². The van der Waals surface area contributed by atoms with Gasteiger partial charge in [-0.15, -0.1) is 0 Å². The van der Waals surface area contributed by atoms with Gasteiger partial charge in [-0.2, -0.15) is 0 Å². The normalized spacial score (nSPS) is 18.4. The molecule has 0 amide bonds. The first-order valence-corrected chi connectivity index (χ1v) is 32.5. The monoisotopic (exact) mass is 1160 g/mol. The highest BCUT2D eigenvalue weighted by Crippen LogP contribution is 2.26. The molecular formula is C71H114O12. The lowest BCUT2D eigenvalue weighted by atomic mass is 9.98. The highest BCUT2D eigenvalue weighted by molar-refractivity contribution is 5.74. The van der Waals surface area contributed by atoms with E-state index in [0.29, 0.717) is 25.7 Å². The lowest BCUT2D eigenvalue weighted by Crippen LogP contribution is -2.61. The number of rotatable bonds is 54. The molecule has 1 aliphatic rings. The van der Waals surface area contributed by atoms with Crippen LogP contribution in [0.5, 0.6) is 0 Å². The number of unbranched alkanes of at least 4 members (excludes halogenated alkanes) is 20. The molecule has 1 saturated heterocycles. The summed E-state index contributed by atoms with van der Waals surface area (Å²) in [6.07, 6.45) is 67.3. The number of hydrogen-bond donors (Lipinski definition) is 3. The van der Waals surface area contributed by atoms with E-state index >= 15 is 0 Å². The van der Waals surface area contributed by atoms with Crippen molar-refractivity contribution in [2.45, 2.75) is 289 Å². The predicted octanol–water partition coefficient (Wildman–Crippen LogP) is 17.6. The summed E-state index contributed by atoms with van der Waals surface area (Å²) in [6.45, 7) is 5.72. The Morgan fingerprint density at radius 1 is 0.410 bits per heavy atom. The molecule has 6 atom stereocenters. The van der Waals surface area contributed by atoms with Gasteiger partial charge in [0.05, 0.1) is 6.61 Å². The van der Waals surface area contributed by atoms with Gasteiger partial charge in [0.15, 0.2) is 24.6 Å². The van der Waals surface area contributed by atoms with Crippen molar-refractivity contribution >= 4 is 23.9 Å². The van der Waals surface area contributed by atoms with Gasteiger partial charge in [0.2, 0.25) is 0 Å². The first-order chi connectivity index (χ1) is 40.6. The molecule has 0 aromatic heterocycles. The first-order valence-electron chi connectivity index (χ1n) is 32.5. The third-order valence-corrected chi connectivity index (χ3v) is 14.0. The summed E-state index contributed by atoms with van der Waals surface area (Å²) < 4.78 is 28.5. The molecule has 0 saturated carbocycles. The molecule has 12 heteroatoms. The Kier molecular flexibility index (Phi) is 52.8. The minimum Gasteiger partial charge on any atom is -0.479 e. The van der Waals surface area contributed by atoms with Gasteiger partial charge >= 0.3 is 23.9 Å². The van der Waals surface area contributed by atoms with Crippen molar-refractivity contribution in [2.75, 3.05) is 13.2 Å². The minimum atomic E-state index is -1.93. The van der Waals surface area contributed by atoms with E-state index in [1.807, 2.05) is 0 Å². The maximum absolute atomic E-state index is 13.2. The fourth-order valence-electron chi connectivity index (χ4n) is 9.09. The van der Waals surface area contributed by atoms with Crippen LogP contribution in [0.25, 0.3) is 0 Å². The molecule has 0 aromatic carbocycles. The Balaban J connectivity index is 2.70. The number of aliphatic hydroxyl groups is 2. The molecule has 3 N–H and O–H groups in total. The zero-order valence-electron chi connectivity index (χ0n) is 51.9. The summed E-state index contributed by atoms with van der Waals surface area (Å²) in [4.78, 5) is 51.3. The molecule has 1 fully saturated rings. The number of carboxylic acid groups (broad SMARTS) is 1. The van der Waals surface area contributed by atoms with Crippen LogP contribution in [0, 0.1) is 0 Å². The molecule has 1 aliphatic heterocycles. The minimum absolute atomic E-state index is 0.000711. The lowest BCUT2D eigenvalue weighted by molar-refractivity contribution is -0.301. The van der Waals surface area contributed by atoms with Gasteiger partial charge in [0.25, 0.3) is 0 Å². The molecule has 1 rings (SSSR count). The second-order valence-corrected chi connectivity index (χ2v) is 21.6. The van der Waals surface area contributed by atoms with Crippen molar-refractivity contribution in [3.8, 4) is 0 Å². The van der Waals surface area contributed by atoms with E-state index in [1.165, 1.54) is 51.4 Å². The summed E-state index contributed by atoms with van der Waals surface area (Å²) in [5.74, 6) is -3.21. The number of hydrogen-bond acceptors (Lipinski definition) is 11. The number of ether oxygens (including phenoxy) is 5. The van der Waals surface area contributed by atoms with Crippen LogP contribution in [-0.4, -0.2) is 89.2 Å². The summed E-state index contributed by atoms with van der Waals surface area (Å²) in [5, 5.41) is 31.6. The van der Waals surface area contributed by atoms with Gasteiger partial charge in [0, 0.05) is 19.3 Å². The molecule has 0 aromatic rings. The van der Waals surface area contributed by atoms with Gasteiger partial charge in [0.1, 0.15) is 18.8 Å². The van der Waals surface area contributed by atoms with Gasteiger partial charge in [-0.05, 0) is 128 Å². The number of carbonyl (C=O) groups is 4. The van der Waals surface area contributed by atoms with Gasteiger partial charge in [-0.25, -0.2) is 4.79 Å². The average Bonchev–Trinajstić information content (AvgIpc) is 3.58. The number of carboxylic acids is 1. The number of carbonyl (C=O) groups excluding carboxylic acids is 3. The van der Waals surface area contributed by atoms with E-state index in [1.54, 1.807) is 0 Å². The Morgan fingerprint density at radius 2 is 0.759 bits per heavy atom. The zero-order chi connectivity index (χ0) is 60.3. The molecule has 1 heterocycles. The van der Waals surface area contributed by atoms with Crippen molar-refractivity contribution < 1.29 is 58.2 Å². The summed E-state index contributed by atoms with van der Waals surface area (Å²) in [7, 11) is 0. The maximum atomic E-state index is 13.2. The second-order valence-electron chi connectivity index (χ2n) is 21.6. The zero-order valence-corrected chi connectivity index (χ0v) is 51.9. The van der Waals surface area contributed by atoms with Crippen LogP contribution in [0.4, 0.5) is 0 Å². The fraction of sp³-hybridized carbons (Fsp3) is 0.662. The number of aliphatic hydroxyl groups excluding tert-OH is 2. The predicted molar refractivity (Wildman–Crippen MR) is 340 cm³/mol. The van der Waals surface area contributed by atoms with Crippen LogP contribution >= 0.6 is 0 Å². The second kappa shape index (κ2) is 57.5. The summed E-state index contributed by atoms with van der Waals surface area (Å²) >= 11 is 0. The van der Waals surface area contributed by atoms with Gasteiger partial charge in [-0.3, -0.25) is 14.4 Å². The third-order valence-electron chi connectivity index (χ3n) is 14.0. The Hall–Kier alpha value is -4.88. The Morgan fingerprint density at radius 3 is 1.18 bits per heavy atom. The third kappa shape index (κ3) is 47.1. The summed E-state index contributed by atoms with van der Waals surface area (Å²) in [6, 6.07) is 0. The van der Waals surface area contributed by atoms with Crippen molar-refractivity contribution in [3.63, 3.8) is 0 Å². The molecule has 0 bridgehead atoms. The molecule has 0 radical (unpaired) electrons. The van der Waals surface area contributed by atoms with E-state index in [-0.39, 0.29) is 25.9 Å². The lowest BCUT2D eigenvalue weighted by Gasteiger charge is -2.40. The maximum Gasteiger partial charge on any atom is 0.335 e. The van der Waals surface area contributed by atoms with E-state index in [4.69, 9.17) is 23.7 Å². The topological polar surface area (TPSA) is 175 Å². The molecule has 83 heavy (non-hydrogen) atoms. The van der Waals surface area contributed by atoms with E-state index in [0.717, 1.165) is 135 Å². The quantitative estimate of drug-likeness (QED) is 0.0228. The average molecular weight is 1160 g/mol. The highest BCUT2D eigenvalue weighted by Gasteiger charge is 2.50. The Labute approximate surface area is 503 Å². The molecule has 12 nitrogen and oxygen atoms in total. The van der Waals surface area contributed by atoms with Crippen molar-refractivity contribution in [1.29, 1.82) is 0 Å². The molecular weight excluding hydrogens is 1040 g/mol. The van der Waals surface area contributed by atoms with Crippen molar-refractivity contribution in [3.05, 3.63) is 122 Å². The van der Waals surface area contributed by atoms with Crippen molar-refractivity contribution in [2.24, 2.45) is 0 Å². The fourth-order valence-corrected chi connectivity index (χ4v) is 9.09. The van der Waals surface area contributed by atoms with Gasteiger partial charge < -0.3 is 39.0 Å². The van der Waals surface area contributed by atoms with Crippen LogP contribution in [0.1, 0.15) is 252 Å². The number of esters is 3. The smallest absolute Gasteiger partial charge is 0.335 e. The molecule has 0 spiro atoms. The van der Waals surface area contributed by atoms with E-state index in [2.05, 4.69) is 142 Å². The van der Waals surface area contributed by atoms with E-state index in [9.17, 15) is 34.5 Å². The van der Waals surface area contributed by atoms with Crippen LogP contribution < -0.4 is 0 Å². The molecule has 0 aliphatic carbocycles. The summed E-state index contributed by atoms with van der Waals surface area (Å²) in [5.41, 5.74) is 0.